The standard InChI is InChI=1S/C14H19Br2NOS/c1-4-14(5-2,19-3)9-17-13(18)11-8-10(15)6-7-12(11)16/h6-8H,4-5,9H2,1-3H3,(H,17,18). The smallest absolute Gasteiger partial charge is 0.252 e. The third kappa shape index (κ3) is 4.50. The molecule has 0 unspecified atom stereocenters. The lowest BCUT2D eigenvalue weighted by Gasteiger charge is -2.29. The van der Waals surface area contributed by atoms with Crippen LogP contribution in [-0.4, -0.2) is 23.5 Å². The lowest BCUT2D eigenvalue weighted by molar-refractivity contribution is 0.0948. The number of rotatable bonds is 6. The van der Waals surface area contributed by atoms with Gasteiger partial charge in [0.2, 0.25) is 0 Å². The Kier molecular flexibility index (Phi) is 6.91. The van der Waals surface area contributed by atoms with E-state index in [1.807, 2.05) is 30.0 Å². The van der Waals surface area contributed by atoms with Crippen molar-refractivity contribution in [3.63, 3.8) is 0 Å². The summed E-state index contributed by atoms with van der Waals surface area (Å²) >= 11 is 8.63. The molecule has 0 bridgehead atoms. The molecule has 5 heteroatoms. The van der Waals surface area contributed by atoms with Crippen LogP contribution >= 0.6 is 43.6 Å². The van der Waals surface area contributed by atoms with E-state index in [9.17, 15) is 4.79 Å². The van der Waals surface area contributed by atoms with Gasteiger partial charge in [0, 0.05) is 20.2 Å². The zero-order valence-electron chi connectivity index (χ0n) is 11.4. The van der Waals surface area contributed by atoms with Gasteiger partial charge in [0.15, 0.2) is 0 Å². The summed E-state index contributed by atoms with van der Waals surface area (Å²) < 4.78 is 1.85. The summed E-state index contributed by atoms with van der Waals surface area (Å²) in [6.45, 7) is 5.03. The number of carbonyl (C=O) groups excluding carboxylic acids is 1. The number of thioether (sulfide) groups is 1. The van der Waals surface area contributed by atoms with Gasteiger partial charge in [-0.25, -0.2) is 0 Å². The summed E-state index contributed by atoms with van der Waals surface area (Å²) in [5.74, 6) is -0.0338. The Labute approximate surface area is 136 Å². The van der Waals surface area contributed by atoms with Crippen LogP contribution in [0.25, 0.3) is 0 Å². The third-order valence-electron chi connectivity index (χ3n) is 3.47. The minimum absolute atomic E-state index is 0.0338. The summed E-state index contributed by atoms with van der Waals surface area (Å²) in [5.41, 5.74) is 0.664. The number of halogens is 2. The molecule has 106 valence electrons. The molecule has 0 radical (unpaired) electrons. The van der Waals surface area contributed by atoms with Gasteiger partial charge in [-0.1, -0.05) is 29.8 Å². The molecule has 0 aliphatic carbocycles. The summed E-state index contributed by atoms with van der Waals surface area (Å²) in [4.78, 5) is 12.2. The van der Waals surface area contributed by atoms with Gasteiger partial charge < -0.3 is 5.32 Å². The van der Waals surface area contributed by atoms with E-state index in [1.165, 1.54) is 0 Å². The Hall–Kier alpha value is -0.000000000000000111. The predicted octanol–water partition coefficient (Wildman–Crippen LogP) is 4.86. The first-order valence-electron chi connectivity index (χ1n) is 6.26. The maximum absolute atomic E-state index is 12.2. The summed E-state index contributed by atoms with van der Waals surface area (Å²) in [7, 11) is 0. The third-order valence-corrected chi connectivity index (χ3v) is 6.24. The van der Waals surface area contributed by atoms with Gasteiger partial charge >= 0.3 is 0 Å². The highest BCUT2D eigenvalue weighted by atomic mass is 79.9. The average molecular weight is 409 g/mol. The van der Waals surface area contributed by atoms with Crippen LogP contribution in [0.5, 0.6) is 0 Å². The van der Waals surface area contributed by atoms with Crippen molar-refractivity contribution in [3.05, 3.63) is 32.7 Å². The van der Waals surface area contributed by atoms with E-state index in [4.69, 9.17) is 0 Å². The van der Waals surface area contributed by atoms with Crippen LogP contribution in [0, 0.1) is 0 Å². The molecule has 0 heterocycles. The van der Waals surface area contributed by atoms with Crippen molar-refractivity contribution in [2.24, 2.45) is 0 Å². The lowest BCUT2D eigenvalue weighted by atomic mass is 10.0. The van der Waals surface area contributed by atoms with Gasteiger partial charge in [0.1, 0.15) is 0 Å². The SMILES string of the molecule is CCC(CC)(CNC(=O)c1cc(Br)ccc1Br)SC. The van der Waals surface area contributed by atoms with Crippen LogP contribution in [0.15, 0.2) is 27.1 Å². The van der Waals surface area contributed by atoms with Crippen LogP contribution in [0.2, 0.25) is 0 Å². The summed E-state index contributed by atoms with van der Waals surface area (Å²) in [6.07, 6.45) is 4.20. The van der Waals surface area contributed by atoms with E-state index in [-0.39, 0.29) is 10.7 Å². The molecule has 0 saturated heterocycles. The quantitative estimate of drug-likeness (QED) is 0.727. The summed E-state index contributed by atoms with van der Waals surface area (Å²) in [6, 6.07) is 5.61. The Morgan fingerprint density at radius 1 is 1.32 bits per heavy atom. The highest BCUT2D eigenvalue weighted by Crippen LogP contribution is 2.30. The zero-order valence-corrected chi connectivity index (χ0v) is 15.4. The van der Waals surface area contributed by atoms with Crippen molar-refractivity contribution >= 4 is 49.5 Å². The van der Waals surface area contributed by atoms with Gasteiger partial charge in [-0.15, -0.1) is 0 Å². The number of hydrogen-bond donors (Lipinski definition) is 1. The minimum atomic E-state index is -0.0338. The van der Waals surface area contributed by atoms with Crippen LogP contribution in [0.3, 0.4) is 0 Å². The maximum atomic E-state index is 12.2. The van der Waals surface area contributed by atoms with Gasteiger partial charge in [-0.3, -0.25) is 4.79 Å². The second-order valence-corrected chi connectivity index (χ2v) is 7.45. The molecule has 0 saturated carbocycles. The number of carbonyl (C=O) groups is 1. The summed E-state index contributed by atoms with van der Waals surface area (Å²) in [5, 5.41) is 3.05. The molecule has 1 rings (SSSR count). The number of nitrogens with one attached hydrogen (secondary N) is 1. The molecule has 1 amide bonds. The minimum Gasteiger partial charge on any atom is -0.351 e. The first-order chi connectivity index (χ1) is 8.98. The lowest BCUT2D eigenvalue weighted by Crippen LogP contribution is -2.39. The molecular weight excluding hydrogens is 390 g/mol. The van der Waals surface area contributed by atoms with Crippen molar-refractivity contribution in [2.75, 3.05) is 12.8 Å². The van der Waals surface area contributed by atoms with Crippen molar-refractivity contribution in [1.82, 2.24) is 5.32 Å². The van der Waals surface area contributed by atoms with Crippen LogP contribution in [0.1, 0.15) is 37.0 Å². The van der Waals surface area contributed by atoms with E-state index in [0.717, 1.165) is 21.8 Å². The van der Waals surface area contributed by atoms with E-state index in [2.05, 4.69) is 57.3 Å². The van der Waals surface area contributed by atoms with Gasteiger partial charge in [0.25, 0.3) is 5.91 Å². The normalized spacial score (nSPS) is 11.4. The molecule has 1 N–H and O–H groups in total. The molecule has 2 nitrogen and oxygen atoms in total. The fourth-order valence-electron chi connectivity index (χ4n) is 1.87. The zero-order chi connectivity index (χ0) is 14.5. The molecule has 0 aliphatic rings. The molecule has 0 fully saturated rings. The average Bonchev–Trinajstić information content (AvgIpc) is 2.43. The fraction of sp³-hybridized carbons (Fsp3) is 0.500. The second kappa shape index (κ2) is 7.70. The Balaban J connectivity index is 2.77. The monoisotopic (exact) mass is 407 g/mol. The molecule has 19 heavy (non-hydrogen) atoms. The topological polar surface area (TPSA) is 29.1 Å². The Morgan fingerprint density at radius 3 is 2.47 bits per heavy atom. The van der Waals surface area contributed by atoms with Crippen molar-refractivity contribution < 1.29 is 4.79 Å². The Morgan fingerprint density at radius 2 is 1.95 bits per heavy atom. The van der Waals surface area contributed by atoms with Gasteiger partial charge in [-0.05, 0) is 53.2 Å². The van der Waals surface area contributed by atoms with E-state index in [1.54, 1.807) is 0 Å². The van der Waals surface area contributed by atoms with Crippen molar-refractivity contribution in [1.29, 1.82) is 0 Å². The largest absolute Gasteiger partial charge is 0.351 e. The number of benzene rings is 1. The molecule has 0 aromatic heterocycles. The highest BCUT2D eigenvalue weighted by molar-refractivity contribution is 9.11. The van der Waals surface area contributed by atoms with Crippen molar-refractivity contribution in [2.45, 2.75) is 31.4 Å². The van der Waals surface area contributed by atoms with Crippen LogP contribution < -0.4 is 5.32 Å². The molecule has 1 aromatic rings. The maximum Gasteiger partial charge on any atom is 0.252 e. The molecule has 1 aromatic carbocycles. The fourth-order valence-corrected chi connectivity index (χ4v) is 3.45. The molecule has 0 atom stereocenters. The van der Waals surface area contributed by atoms with Gasteiger partial charge in [0.05, 0.1) is 5.56 Å². The van der Waals surface area contributed by atoms with E-state index < -0.39 is 0 Å². The van der Waals surface area contributed by atoms with Crippen LogP contribution in [0.4, 0.5) is 0 Å². The first kappa shape index (κ1) is 17.1. The van der Waals surface area contributed by atoms with Crippen LogP contribution in [-0.2, 0) is 0 Å². The second-order valence-electron chi connectivity index (χ2n) is 4.40. The molecule has 0 aliphatic heterocycles. The predicted molar refractivity (Wildman–Crippen MR) is 91.0 cm³/mol. The van der Waals surface area contributed by atoms with Crippen molar-refractivity contribution in [3.8, 4) is 0 Å². The number of hydrogen-bond acceptors (Lipinski definition) is 2. The van der Waals surface area contributed by atoms with Gasteiger partial charge in [-0.2, -0.15) is 11.8 Å². The highest BCUT2D eigenvalue weighted by Gasteiger charge is 2.25. The molecule has 0 spiro atoms. The van der Waals surface area contributed by atoms with E-state index >= 15 is 0 Å². The number of amides is 1. The Bertz CT molecular complexity index is 439. The van der Waals surface area contributed by atoms with E-state index in [0.29, 0.717) is 12.1 Å². The molecular formula is C14H19Br2NOS. The first-order valence-corrected chi connectivity index (χ1v) is 9.07.